The first-order valence-electron chi connectivity index (χ1n) is 10.7. The molecule has 5 rings (SSSR count). The molecule has 0 N–H and O–H groups in total. The van der Waals surface area contributed by atoms with Crippen LogP contribution in [0, 0.1) is 0 Å². The smallest absolute Gasteiger partial charge is 0.416 e. The summed E-state index contributed by atoms with van der Waals surface area (Å²) in [6.45, 7) is 3.43. The fraction of sp³-hybridized carbons (Fsp3) is 0.308. The van der Waals surface area contributed by atoms with Crippen molar-refractivity contribution in [1.29, 1.82) is 0 Å². The minimum atomic E-state index is -4.99. The van der Waals surface area contributed by atoms with Gasteiger partial charge in [0.15, 0.2) is 11.5 Å². The van der Waals surface area contributed by atoms with Crippen LogP contribution >= 0.6 is 0 Å². The fourth-order valence-corrected chi connectivity index (χ4v) is 5.37. The van der Waals surface area contributed by atoms with Crippen molar-refractivity contribution in [2.75, 3.05) is 20.8 Å². The molecular weight excluding hydrogens is 474 g/mol. The van der Waals surface area contributed by atoms with E-state index in [1.807, 2.05) is 0 Å². The van der Waals surface area contributed by atoms with Crippen LogP contribution in [-0.4, -0.2) is 20.8 Å². The minimum absolute atomic E-state index is 0.105. The van der Waals surface area contributed by atoms with Gasteiger partial charge in [0.05, 0.1) is 25.3 Å². The molecule has 184 valence electrons. The van der Waals surface area contributed by atoms with Crippen LogP contribution in [0.25, 0.3) is 28.0 Å². The van der Waals surface area contributed by atoms with Gasteiger partial charge < -0.3 is 14.2 Å². The maximum atomic E-state index is 14.2. The molecule has 35 heavy (non-hydrogen) atoms. The number of ether oxygens (including phenoxy) is 3. The van der Waals surface area contributed by atoms with Crippen LogP contribution in [0.4, 0.5) is 26.3 Å². The molecule has 0 saturated heterocycles. The average Bonchev–Trinajstić information content (AvgIpc) is 3.04. The molecule has 0 amide bonds. The Morgan fingerprint density at radius 1 is 0.829 bits per heavy atom. The fourth-order valence-electron chi connectivity index (χ4n) is 5.37. The van der Waals surface area contributed by atoms with Crippen molar-refractivity contribution in [3.05, 3.63) is 58.2 Å². The number of alkyl halides is 6. The second kappa shape index (κ2) is 7.32. The van der Waals surface area contributed by atoms with Gasteiger partial charge in [0.1, 0.15) is 12.4 Å². The van der Waals surface area contributed by atoms with E-state index < -0.39 is 28.9 Å². The van der Waals surface area contributed by atoms with Crippen molar-refractivity contribution in [2.24, 2.45) is 0 Å². The summed E-state index contributed by atoms with van der Waals surface area (Å²) in [5.74, 6) is 1.09. The lowest BCUT2D eigenvalue weighted by atomic mass is 9.77. The number of hydrogen-bond acceptors (Lipinski definition) is 3. The molecule has 1 heterocycles. The Kier molecular flexibility index (Phi) is 4.89. The monoisotopic (exact) mass is 494 g/mol. The molecule has 0 atom stereocenters. The Labute approximate surface area is 196 Å². The Balaban J connectivity index is 2.03. The van der Waals surface area contributed by atoms with Crippen LogP contribution in [-0.2, 0) is 17.8 Å². The van der Waals surface area contributed by atoms with Gasteiger partial charge in [-0.3, -0.25) is 0 Å². The van der Waals surface area contributed by atoms with Gasteiger partial charge in [0, 0.05) is 16.4 Å². The summed E-state index contributed by atoms with van der Waals surface area (Å²) in [4.78, 5) is 0. The normalized spacial score (nSPS) is 15.9. The van der Waals surface area contributed by atoms with Gasteiger partial charge in [-0.15, -0.1) is 0 Å². The Morgan fingerprint density at radius 3 is 2.03 bits per heavy atom. The lowest BCUT2D eigenvalue weighted by Crippen LogP contribution is -2.23. The van der Waals surface area contributed by atoms with Crippen LogP contribution in [0.5, 0.6) is 17.2 Å². The third kappa shape index (κ3) is 3.27. The predicted octanol–water partition coefficient (Wildman–Crippen LogP) is 7.61. The van der Waals surface area contributed by atoms with Gasteiger partial charge >= 0.3 is 12.4 Å². The quantitative estimate of drug-likeness (QED) is 0.343. The average molecular weight is 494 g/mol. The highest BCUT2D eigenvalue weighted by molar-refractivity contribution is 6.09. The molecule has 0 spiro atoms. The Morgan fingerprint density at radius 2 is 1.46 bits per heavy atom. The molecule has 9 heteroatoms. The molecule has 0 saturated carbocycles. The van der Waals surface area contributed by atoms with E-state index in [-0.39, 0.29) is 23.8 Å². The minimum Gasteiger partial charge on any atom is -0.493 e. The summed E-state index contributed by atoms with van der Waals surface area (Å²) in [5, 5.41) is 0.932. The van der Waals surface area contributed by atoms with Crippen LogP contribution in [0.2, 0.25) is 0 Å². The standard InChI is InChI=1S/C26H20F6O3/c1-24(2)21-16(8-12(25(27,28)29)9-17(21)26(30,31)32)20-14-10-18(33-3)19(34-4)11-15(14)23-13(22(20)24)6-5-7-35-23/h5-6,8-11H,7H2,1-4H3. The molecule has 3 aromatic carbocycles. The van der Waals surface area contributed by atoms with Gasteiger partial charge in [0.25, 0.3) is 0 Å². The molecule has 0 unspecified atom stereocenters. The first kappa shape index (κ1) is 23.4. The lowest BCUT2D eigenvalue weighted by molar-refractivity contribution is -0.143. The number of methoxy groups -OCH3 is 2. The van der Waals surface area contributed by atoms with Crippen LogP contribution in [0.15, 0.2) is 30.3 Å². The van der Waals surface area contributed by atoms with E-state index in [1.165, 1.54) is 14.2 Å². The summed E-state index contributed by atoms with van der Waals surface area (Å²) in [5.41, 5.74) is -2.92. The van der Waals surface area contributed by atoms with Crippen molar-refractivity contribution in [3.63, 3.8) is 0 Å². The molecule has 1 aliphatic heterocycles. The lowest BCUT2D eigenvalue weighted by Gasteiger charge is -2.29. The van der Waals surface area contributed by atoms with E-state index >= 15 is 0 Å². The third-order valence-corrected chi connectivity index (χ3v) is 6.70. The predicted molar refractivity (Wildman–Crippen MR) is 119 cm³/mol. The van der Waals surface area contributed by atoms with Crippen LogP contribution in [0.1, 0.15) is 41.7 Å². The maximum absolute atomic E-state index is 14.2. The van der Waals surface area contributed by atoms with Crippen molar-refractivity contribution in [3.8, 4) is 28.4 Å². The van der Waals surface area contributed by atoms with Crippen molar-refractivity contribution >= 4 is 16.8 Å². The maximum Gasteiger partial charge on any atom is 0.416 e. The van der Waals surface area contributed by atoms with E-state index in [9.17, 15) is 26.3 Å². The SMILES string of the molecule is COc1cc2c3c(c4c(c2cc1OC)-c1cc(C(F)(F)F)cc(C(F)(F)F)c1C4(C)C)C=CCO3. The molecule has 0 fully saturated rings. The molecule has 0 radical (unpaired) electrons. The zero-order valence-corrected chi connectivity index (χ0v) is 19.2. The molecule has 2 aliphatic rings. The molecular formula is C26H20F6O3. The number of hydrogen-bond donors (Lipinski definition) is 0. The molecule has 3 aromatic rings. The van der Waals surface area contributed by atoms with Gasteiger partial charge in [-0.05, 0) is 58.0 Å². The number of benzene rings is 3. The van der Waals surface area contributed by atoms with E-state index in [0.29, 0.717) is 44.7 Å². The van der Waals surface area contributed by atoms with E-state index in [4.69, 9.17) is 14.2 Å². The third-order valence-electron chi connectivity index (χ3n) is 6.70. The highest BCUT2D eigenvalue weighted by Crippen LogP contribution is 2.60. The molecule has 0 bridgehead atoms. The Hall–Kier alpha value is -3.36. The van der Waals surface area contributed by atoms with Crippen LogP contribution < -0.4 is 14.2 Å². The van der Waals surface area contributed by atoms with Gasteiger partial charge in [-0.25, -0.2) is 0 Å². The summed E-state index contributed by atoms with van der Waals surface area (Å²) < 4.78 is 101. The van der Waals surface area contributed by atoms with Crippen LogP contribution in [0.3, 0.4) is 0 Å². The summed E-state index contributed by atoms with van der Waals surface area (Å²) >= 11 is 0. The zero-order valence-electron chi connectivity index (χ0n) is 19.2. The zero-order chi connectivity index (χ0) is 25.5. The summed E-state index contributed by atoms with van der Waals surface area (Å²) in [6, 6.07) is 4.23. The Bertz CT molecular complexity index is 1410. The summed E-state index contributed by atoms with van der Waals surface area (Å²) in [7, 11) is 2.84. The van der Waals surface area contributed by atoms with E-state index in [1.54, 1.807) is 38.1 Å². The number of rotatable bonds is 2. The first-order chi connectivity index (χ1) is 16.3. The van der Waals surface area contributed by atoms with Gasteiger partial charge in [-0.2, -0.15) is 26.3 Å². The number of fused-ring (bicyclic) bond motifs is 8. The largest absolute Gasteiger partial charge is 0.493 e. The van der Waals surface area contributed by atoms with Crippen molar-refractivity contribution < 1.29 is 40.6 Å². The van der Waals surface area contributed by atoms with E-state index in [0.717, 1.165) is 6.07 Å². The van der Waals surface area contributed by atoms with Gasteiger partial charge in [-0.1, -0.05) is 19.9 Å². The van der Waals surface area contributed by atoms with Gasteiger partial charge in [0.2, 0.25) is 0 Å². The molecule has 3 nitrogen and oxygen atoms in total. The second-order valence-electron chi connectivity index (χ2n) is 9.03. The molecule has 1 aliphatic carbocycles. The van der Waals surface area contributed by atoms with Crippen molar-refractivity contribution in [2.45, 2.75) is 31.6 Å². The first-order valence-corrected chi connectivity index (χ1v) is 10.7. The summed E-state index contributed by atoms with van der Waals surface area (Å²) in [6.07, 6.45) is -6.48. The molecule has 0 aromatic heterocycles. The second-order valence-corrected chi connectivity index (χ2v) is 9.03. The highest BCUT2D eigenvalue weighted by Gasteiger charge is 2.49. The van der Waals surface area contributed by atoms with E-state index in [2.05, 4.69) is 0 Å². The topological polar surface area (TPSA) is 27.7 Å². The number of halogens is 6. The van der Waals surface area contributed by atoms with Crippen molar-refractivity contribution in [1.82, 2.24) is 0 Å². The highest BCUT2D eigenvalue weighted by atomic mass is 19.4.